The van der Waals surface area contributed by atoms with Crippen molar-refractivity contribution in [1.29, 1.82) is 0 Å². The summed E-state index contributed by atoms with van der Waals surface area (Å²) in [6.07, 6.45) is 3.51. The van der Waals surface area contributed by atoms with Crippen molar-refractivity contribution in [3.05, 3.63) is 59.4 Å². The molecule has 2 rings (SSSR count). The average molecular weight is 269 g/mol. The summed E-state index contributed by atoms with van der Waals surface area (Å²) in [6, 6.07) is 9.65. The van der Waals surface area contributed by atoms with Crippen LogP contribution >= 0.6 is 0 Å². The van der Waals surface area contributed by atoms with Crippen LogP contribution in [0.25, 0.3) is 11.2 Å². The molecule has 5 heteroatoms. The molecule has 2 aromatic rings. The lowest BCUT2D eigenvalue weighted by atomic mass is 10.2. The second kappa shape index (κ2) is 5.99. The van der Waals surface area contributed by atoms with Crippen LogP contribution in [0.1, 0.15) is 18.1 Å². The minimum Gasteiger partial charge on any atom is -0.457 e. The van der Waals surface area contributed by atoms with E-state index < -0.39 is 5.97 Å². The van der Waals surface area contributed by atoms with Gasteiger partial charge in [0.1, 0.15) is 0 Å². The summed E-state index contributed by atoms with van der Waals surface area (Å²) in [4.78, 5) is 14.7. The highest BCUT2D eigenvalue weighted by molar-refractivity contribution is 6.40. The summed E-state index contributed by atoms with van der Waals surface area (Å²) < 4.78 is 6.69. The maximum absolute atomic E-state index is 11.6. The predicted octanol–water partition coefficient (Wildman–Crippen LogP) is 2.37. The highest BCUT2D eigenvalue weighted by Gasteiger charge is 2.25. The van der Waals surface area contributed by atoms with Gasteiger partial charge in [-0.25, -0.2) is 4.79 Å². The SMILES string of the molecule is CCOC(=O)C(=[N+]=[N-])c1ccn(-c2ccc(C)cc2)c1. The Morgan fingerprint density at radius 3 is 2.60 bits per heavy atom. The number of aromatic nitrogens is 1. The first-order valence-corrected chi connectivity index (χ1v) is 6.30. The van der Waals surface area contributed by atoms with Crippen LogP contribution in [0.3, 0.4) is 0 Å². The van der Waals surface area contributed by atoms with Crippen molar-refractivity contribution in [1.82, 2.24) is 4.57 Å². The molecule has 0 aliphatic carbocycles. The lowest BCUT2D eigenvalue weighted by Gasteiger charge is -2.02. The van der Waals surface area contributed by atoms with Gasteiger partial charge >= 0.3 is 11.7 Å². The molecule has 0 aliphatic rings. The van der Waals surface area contributed by atoms with Crippen LogP contribution in [-0.2, 0) is 9.53 Å². The van der Waals surface area contributed by atoms with Crippen LogP contribution in [0.4, 0.5) is 0 Å². The quantitative estimate of drug-likeness (QED) is 0.370. The molecule has 0 unspecified atom stereocenters. The van der Waals surface area contributed by atoms with E-state index in [1.165, 1.54) is 5.56 Å². The predicted molar refractivity (Wildman–Crippen MR) is 74.9 cm³/mol. The third-order valence-electron chi connectivity index (χ3n) is 2.87. The number of nitrogens with zero attached hydrogens (tertiary/aromatic N) is 3. The molecule has 0 bridgehead atoms. The number of esters is 1. The van der Waals surface area contributed by atoms with Crippen LogP contribution in [0, 0.1) is 6.92 Å². The largest absolute Gasteiger partial charge is 0.457 e. The molecule has 20 heavy (non-hydrogen) atoms. The van der Waals surface area contributed by atoms with Crippen molar-refractivity contribution in [2.45, 2.75) is 13.8 Å². The van der Waals surface area contributed by atoms with Gasteiger partial charge in [0.05, 0.1) is 12.2 Å². The number of benzene rings is 1. The number of hydrogen-bond donors (Lipinski definition) is 0. The fraction of sp³-hybridized carbons (Fsp3) is 0.200. The standard InChI is InChI=1S/C15H15N3O2/c1-3-20-15(19)14(17-16)12-8-9-18(10-12)13-6-4-11(2)5-7-13/h4-10H,3H2,1-2H3. The van der Waals surface area contributed by atoms with Crippen LogP contribution in [0.5, 0.6) is 0 Å². The second-order valence-corrected chi connectivity index (χ2v) is 4.31. The van der Waals surface area contributed by atoms with Gasteiger partial charge in [-0.2, -0.15) is 4.79 Å². The first-order valence-electron chi connectivity index (χ1n) is 6.30. The van der Waals surface area contributed by atoms with Crippen LogP contribution < -0.4 is 0 Å². The van der Waals surface area contributed by atoms with E-state index in [1.807, 2.05) is 35.8 Å². The smallest absolute Gasteiger partial charge is 0.422 e. The molecule has 0 saturated carbocycles. The molecule has 102 valence electrons. The van der Waals surface area contributed by atoms with Crippen molar-refractivity contribution < 1.29 is 14.3 Å². The van der Waals surface area contributed by atoms with Crippen LogP contribution in [0.2, 0.25) is 0 Å². The number of aryl methyl sites for hydroxylation is 1. The van der Waals surface area contributed by atoms with Crippen molar-refractivity contribution in [3.8, 4) is 5.69 Å². The lowest BCUT2D eigenvalue weighted by molar-refractivity contribution is -0.139. The third kappa shape index (κ3) is 2.84. The van der Waals surface area contributed by atoms with Gasteiger partial charge in [-0.3, -0.25) is 0 Å². The minimum atomic E-state index is -0.642. The molecule has 1 aromatic carbocycles. The third-order valence-corrected chi connectivity index (χ3v) is 2.87. The van der Waals surface area contributed by atoms with E-state index in [-0.39, 0.29) is 12.3 Å². The van der Waals surface area contributed by atoms with Gasteiger partial charge in [0.15, 0.2) is 0 Å². The number of rotatable bonds is 4. The summed E-state index contributed by atoms with van der Waals surface area (Å²) in [5.74, 6) is -0.642. The summed E-state index contributed by atoms with van der Waals surface area (Å²) in [7, 11) is 0. The first-order chi connectivity index (χ1) is 9.65. The van der Waals surface area contributed by atoms with Crippen LogP contribution in [-0.4, -0.2) is 27.6 Å². The second-order valence-electron chi connectivity index (χ2n) is 4.31. The molecule has 1 heterocycles. The van der Waals surface area contributed by atoms with Crippen molar-refractivity contribution >= 4 is 11.7 Å². The van der Waals surface area contributed by atoms with Crippen molar-refractivity contribution in [2.75, 3.05) is 6.61 Å². The van der Waals surface area contributed by atoms with Crippen molar-refractivity contribution in [2.24, 2.45) is 0 Å². The van der Waals surface area contributed by atoms with E-state index >= 15 is 0 Å². The normalized spacial score (nSPS) is 9.90. The molecule has 0 spiro atoms. The summed E-state index contributed by atoms with van der Waals surface area (Å²) in [5.41, 5.74) is 11.5. The summed E-state index contributed by atoms with van der Waals surface area (Å²) >= 11 is 0. The topological polar surface area (TPSA) is 67.6 Å². The molecule has 0 radical (unpaired) electrons. The van der Waals surface area contributed by atoms with E-state index in [9.17, 15) is 4.79 Å². The minimum absolute atomic E-state index is 0.0993. The maximum atomic E-state index is 11.6. The molecule has 0 amide bonds. The zero-order valence-electron chi connectivity index (χ0n) is 11.4. The molecular weight excluding hydrogens is 254 g/mol. The molecule has 0 aliphatic heterocycles. The number of carbonyl (C=O) groups is 1. The molecular formula is C15H15N3O2. The Kier molecular flexibility index (Phi) is 4.13. The fourth-order valence-corrected chi connectivity index (χ4v) is 1.83. The lowest BCUT2D eigenvalue weighted by Crippen LogP contribution is -2.19. The monoisotopic (exact) mass is 269 g/mol. The fourth-order valence-electron chi connectivity index (χ4n) is 1.83. The van der Waals surface area contributed by atoms with Gasteiger partial charge in [0, 0.05) is 18.1 Å². The number of carbonyl (C=O) groups excluding carboxylic acids is 1. The zero-order chi connectivity index (χ0) is 14.5. The molecule has 5 nitrogen and oxygen atoms in total. The Morgan fingerprint density at radius 2 is 2.00 bits per heavy atom. The Balaban J connectivity index is 2.30. The molecule has 0 saturated heterocycles. The zero-order valence-corrected chi connectivity index (χ0v) is 11.4. The highest BCUT2D eigenvalue weighted by Crippen LogP contribution is 2.12. The van der Waals surface area contributed by atoms with Gasteiger partial charge in [0.2, 0.25) is 0 Å². The Hall–Kier alpha value is -2.65. The molecule has 0 fully saturated rings. The number of ether oxygens (including phenoxy) is 1. The van der Waals surface area contributed by atoms with Gasteiger partial charge in [-0.1, -0.05) is 17.7 Å². The molecule has 0 atom stereocenters. The Bertz CT molecular complexity index is 665. The van der Waals surface area contributed by atoms with E-state index in [1.54, 1.807) is 25.4 Å². The summed E-state index contributed by atoms with van der Waals surface area (Å²) in [5, 5.41) is 0. The first kappa shape index (κ1) is 13.8. The molecule has 1 aromatic heterocycles. The molecule has 0 N–H and O–H groups in total. The van der Waals surface area contributed by atoms with E-state index in [2.05, 4.69) is 4.79 Å². The Morgan fingerprint density at radius 1 is 1.30 bits per heavy atom. The van der Waals surface area contributed by atoms with Gasteiger partial charge in [-0.05, 0) is 32.0 Å². The number of hydrogen-bond acceptors (Lipinski definition) is 2. The highest BCUT2D eigenvalue weighted by atomic mass is 16.5. The van der Waals surface area contributed by atoms with Gasteiger partial charge < -0.3 is 14.8 Å². The van der Waals surface area contributed by atoms with Crippen LogP contribution in [0.15, 0.2) is 42.7 Å². The van der Waals surface area contributed by atoms with E-state index in [0.29, 0.717) is 5.56 Å². The van der Waals surface area contributed by atoms with E-state index in [0.717, 1.165) is 5.69 Å². The van der Waals surface area contributed by atoms with Gasteiger partial charge in [0.25, 0.3) is 0 Å². The van der Waals surface area contributed by atoms with E-state index in [4.69, 9.17) is 10.3 Å². The Labute approximate surface area is 117 Å². The van der Waals surface area contributed by atoms with Gasteiger partial charge in [-0.15, -0.1) is 0 Å². The maximum Gasteiger partial charge on any atom is 0.422 e. The average Bonchev–Trinajstić information content (AvgIpc) is 2.90. The summed E-state index contributed by atoms with van der Waals surface area (Å²) in [6.45, 7) is 3.95. The van der Waals surface area contributed by atoms with Crippen molar-refractivity contribution in [3.63, 3.8) is 0 Å².